The number of aryl methyl sites for hydroxylation is 1. The number of amides is 4. The minimum Gasteiger partial charge on any atom is -0.457 e. The molecule has 1 fully saturated rings. The molecule has 0 aromatic heterocycles. The summed E-state index contributed by atoms with van der Waals surface area (Å²) in [6.07, 6.45) is 0. The molecular weight excluding hydrogens is 439 g/mol. The molecule has 1 aliphatic heterocycles. The molecule has 2 aromatic carbocycles. The second-order valence-electron chi connectivity index (χ2n) is 6.53. The summed E-state index contributed by atoms with van der Waals surface area (Å²) in [5, 5.41) is 2.45. The van der Waals surface area contributed by atoms with E-state index in [1.54, 1.807) is 6.92 Å². The highest BCUT2D eigenvalue weighted by Gasteiger charge is 2.46. The fourth-order valence-electron chi connectivity index (χ4n) is 2.68. The van der Waals surface area contributed by atoms with Crippen LogP contribution in [-0.2, 0) is 9.84 Å². The maximum Gasteiger partial charge on any atom is 0.501 e. The van der Waals surface area contributed by atoms with Crippen LogP contribution in [-0.4, -0.2) is 37.9 Å². The minimum absolute atomic E-state index is 0.0970. The van der Waals surface area contributed by atoms with Gasteiger partial charge >= 0.3 is 17.6 Å². The molecular formula is C19H16F3N3O5S. The summed E-state index contributed by atoms with van der Waals surface area (Å²) >= 11 is 0. The molecule has 164 valence electrons. The second-order valence-corrected chi connectivity index (χ2v) is 8.47. The Labute approximate surface area is 175 Å². The second kappa shape index (κ2) is 7.61. The number of carbonyl (C=O) groups is 2. The monoisotopic (exact) mass is 455 g/mol. The average Bonchev–Trinajstić information content (AvgIpc) is 2.68. The van der Waals surface area contributed by atoms with Crippen LogP contribution < -0.4 is 15.0 Å². The van der Waals surface area contributed by atoms with Crippen LogP contribution in [0.1, 0.15) is 5.56 Å². The number of carbonyl (C=O) groups excluding carboxylic acids is 2. The summed E-state index contributed by atoms with van der Waals surface area (Å²) in [5.74, 6) is 0.525. The zero-order valence-electron chi connectivity index (χ0n) is 16.2. The van der Waals surface area contributed by atoms with E-state index < -0.39 is 32.3 Å². The standard InChI is InChI=1S/C19H16F3N3O5S/c1-11-10-13(25-17(26)23-12(2)24(3)18(25)27)4-9-16(11)30-14-5-7-15(8-6-14)31(28,29)19(20,21)22/h4-10H,2H2,1,3H3,(H,23,26). The highest BCUT2D eigenvalue weighted by atomic mass is 32.2. The lowest BCUT2D eigenvalue weighted by Gasteiger charge is -2.33. The van der Waals surface area contributed by atoms with Crippen LogP contribution in [0, 0.1) is 6.92 Å². The van der Waals surface area contributed by atoms with Gasteiger partial charge < -0.3 is 4.74 Å². The van der Waals surface area contributed by atoms with Crippen molar-refractivity contribution >= 4 is 27.6 Å². The van der Waals surface area contributed by atoms with Gasteiger partial charge in [0, 0.05) is 7.05 Å². The van der Waals surface area contributed by atoms with Crippen molar-refractivity contribution in [1.29, 1.82) is 0 Å². The SMILES string of the molecule is C=C1NC(=O)N(c2ccc(Oc3ccc(S(=O)(=O)C(F)(F)F)cc3)c(C)c2)C(=O)N1C. The first-order valence-electron chi connectivity index (χ1n) is 8.60. The molecule has 3 rings (SSSR count). The number of sulfone groups is 1. The molecule has 0 spiro atoms. The molecule has 0 unspecified atom stereocenters. The largest absolute Gasteiger partial charge is 0.501 e. The third-order valence-corrected chi connectivity index (χ3v) is 5.92. The minimum atomic E-state index is -5.45. The van der Waals surface area contributed by atoms with Crippen molar-refractivity contribution in [2.45, 2.75) is 17.3 Å². The number of ether oxygens (including phenoxy) is 1. The number of nitrogens with zero attached hydrogens (tertiary/aromatic N) is 2. The fraction of sp³-hybridized carbons (Fsp3) is 0.158. The van der Waals surface area contributed by atoms with Gasteiger partial charge in [-0.15, -0.1) is 0 Å². The lowest BCUT2D eigenvalue weighted by atomic mass is 10.2. The number of alkyl halides is 3. The Kier molecular flexibility index (Phi) is 5.44. The molecule has 0 atom stereocenters. The van der Waals surface area contributed by atoms with Gasteiger partial charge in [-0.2, -0.15) is 13.2 Å². The summed E-state index contributed by atoms with van der Waals surface area (Å²) in [7, 11) is -4.00. The lowest BCUT2D eigenvalue weighted by molar-refractivity contribution is -0.0436. The number of imide groups is 1. The van der Waals surface area contributed by atoms with Gasteiger partial charge in [0.2, 0.25) is 0 Å². The molecule has 1 saturated heterocycles. The predicted octanol–water partition coefficient (Wildman–Crippen LogP) is 4.13. The van der Waals surface area contributed by atoms with Crippen LogP contribution in [0.5, 0.6) is 11.5 Å². The van der Waals surface area contributed by atoms with Crippen molar-refractivity contribution in [3.63, 3.8) is 0 Å². The molecule has 0 saturated carbocycles. The molecule has 0 aliphatic carbocycles. The van der Waals surface area contributed by atoms with E-state index in [9.17, 15) is 31.2 Å². The Hall–Kier alpha value is -3.54. The summed E-state index contributed by atoms with van der Waals surface area (Å²) in [5.41, 5.74) is -4.63. The van der Waals surface area contributed by atoms with Crippen LogP contribution in [0.15, 0.2) is 59.8 Å². The van der Waals surface area contributed by atoms with Crippen molar-refractivity contribution in [3.8, 4) is 11.5 Å². The molecule has 12 heteroatoms. The average molecular weight is 455 g/mol. The van der Waals surface area contributed by atoms with Crippen LogP contribution in [0.3, 0.4) is 0 Å². The summed E-state index contributed by atoms with van der Waals surface area (Å²) < 4.78 is 66.3. The molecule has 2 aromatic rings. The topological polar surface area (TPSA) is 96.0 Å². The number of halogens is 3. The first-order valence-corrected chi connectivity index (χ1v) is 10.1. The van der Waals surface area contributed by atoms with Crippen molar-refractivity contribution in [2.24, 2.45) is 0 Å². The van der Waals surface area contributed by atoms with Gasteiger partial charge in [0.1, 0.15) is 17.3 Å². The van der Waals surface area contributed by atoms with Crippen LogP contribution in [0.2, 0.25) is 0 Å². The Morgan fingerprint density at radius 1 is 1.06 bits per heavy atom. The van der Waals surface area contributed by atoms with Crippen LogP contribution >= 0.6 is 0 Å². The zero-order valence-corrected chi connectivity index (χ0v) is 17.0. The van der Waals surface area contributed by atoms with E-state index in [-0.39, 0.29) is 23.0 Å². The smallest absolute Gasteiger partial charge is 0.457 e. The first-order chi connectivity index (χ1) is 14.3. The van der Waals surface area contributed by atoms with E-state index in [4.69, 9.17) is 4.74 Å². The molecule has 8 nitrogen and oxygen atoms in total. The number of hydrogen-bond donors (Lipinski definition) is 1. The van der Waals surface area contributed by atoms with Gasteiger partial charge in [-0.3, -0.25) is 10.2 Å². The highest BCUT2D eigenvalue weighted by molar-refractivity contribution is 7.92. The number of nitrogens with one attached hydrogen (secondary N) is 1. The Balaban J connectivity index is 1.82. The molecule has 31 heavy (non-hydrogen) atoms. The lowest BCUT2D eigenvalue weighted by Crippen LogP contribution is -2.56. The van der Waals surface area contributed by atoms with E-state index in [1.807, 2.05) is 0 Å². The number of anilines is 1. The Bertz CT molecular complexity index is 1180. The third-order valence-electron chi connectivity index (χ3n) is 4.42. The number of benzene rings is 2. The van der Waals surface area contributed by atoms with Gasteiger partial charge in [-0.1, -0.05) is 6.58 Å². The molecule has 1 N–H and O–H groups in total. The van der Waals surface area contributed by atoms with E-state index in [1.165, 1.54) is 25.2 Å². The van der Waals surface area contributed by atoms with E-state index in [0.29, 0.717) is 5.56 Å². The van der Waals surface area contributed by atoms with Gasteiger partial charge in [0.15, 0.2) is 0 Å². The van der Waals surface area contributed by atoms with Gasteiger partial charge in [0.05, 0.1) is 10.6 Å². The zero-order chi connectivity index (χ0) is 23.1. The molecule has 0 radical (unpaired) electrons. The normalized spacial score (nSPS) is 15.2. The molecule has 0 bridgehead atoms. The number of urea groups is 2. The van der Waals surface area contributed by atoms with Gasteiger partial charge in [0.25, 0.3) is 9.84 Å². The Morgan fingerprint density at radius 3 is 2.23 bits per heavy atom. The molecule has 4 amide bonds. The van der Waals surface area contributed by atoms with Crippen molar-refractivity contribution in [2.75, 3.05) is 11.9 Å². The van der Waals surface area contributed by atoms with Crippen molar-refractivity contribution in [3.05, 3.63) is 60.4 Å². The summed E-state index contributed by atoms with van der Waals surface area (Å²) in [6.45, 7) is 5.20. The van der Waals surface area contributed by atoms with Crippen LogP contribution in [0.4, 0.5) is 28.4 Å². The van der Waals surface area contributed by atoms with E-state index >= 15 is 0 Å². The van der Waals surface area contributed by atoms with E-state index in [2.05, 4.69) is 11.9 Å². The quantitative estimate of drug-likeness (QED) is 0.748. The van der Waals surface area contributed by atoms with Crippen LogP contribution in [0.25, 0.3) is 0 Å². The number of hydrogen-bond acceptors (Lipinski definition) is 5. The first kappa shape index (κ1) is 22.2. The molecule has 1 aliphatic rings. The Morgan fingerprint density at radius 2 is 1.68 bits per heavy atom. The maximum absolute atomic E-state index is 12.6. The van der Waals surface area contributed by atoms with Gasteiger partial charge in [-0.05, 0) is 55.0 Å². The van der Waals surface area contributed by atoms with Crippen molar-refractivity contribution < 1.29 is 35.9 Å². The van der Waals surface area contributed by atoms with E-state index in [0.717, 1.165) is 34.1 Å². The van der Waals surface area contributed by atoms with Gasteiger partial charge in [-0.25, -0.2) is 22.9 Å². The summed E-state index contributed by atoms with van der Waals surface area (Å²) in [4.78, 5) is 25.7. The predicted molar refractivity (Wildman–Crippen MR) is 104 cm³/mol. The third kappa shape index (κ3) is 4.06. The molecule has 1 heterocycles. The fourth-order valence-corrected chi connectivity index (χ4v) is 3.44. The summed E-state index contributed by atoms with van der Waals surface area (Å²) in [6, 6.07) is 6.91. The number of rotatable bonds is 4. The maximum atomic E-state index is 12.6. The highest BCUT2D eigenvalue weighted by Crippen LogP contribution is 2.33. The van der Waals surface area contributed by atoms with Crippen molar-refractivity contribution in [1.82, 2.24) is 10.2 Å².